The molecule has 0 bridgehead atoms. The van der Waals surface area contributed by atoms with E-state index in [-0.39, 0.29) is 17.4 Å². The summed E-state index contributed by atoms with van der Waals surface area (Å²) in [6.45, 7) is 3.85. The highest BCUT2D eigenvalue weighted by Crippen LogP contribution is 2.47. The highest BCUT2D eigenvalue weighted by Gasteiger charge is 2.44. The van der Waals surface area contributed by atoms with Crippen molar-refractivity contribution in [1.29, 1.82) is 0 Å². The highest BCUT2D eigenvalue weighted by molar-refractivity contribution is 5.78. The van der Waals surface area contributed by atoms with Gasteiger partial charge in [-0.05, 0) is 32.4 Å². The lowest BCUT2D eigenvalue weighted by molar-refractivity contribution is -0.122. The molecule has 1 aliphatic carbocycles. The molecule has 1 atom stereocenters. The van der Waals surface area contributed by atoms with Crippen molar-refractivity contribution in [2.45, 2.75) is 31.2 Å². The van der Waals surface area contributed by atoms with Crippen LogP contribution in [-0.2, 0) is 14.9 Å². The number of rotatable bonds is 8. The second kappa shape index (κ2) is 7.05. The number of nitrogens with one attached hydrogen (secondary N) is 1. The van der Waals surface area contributed by atoms with Crippen molar-refractivity contribution in [2.24, 2.45) is 0 Å². The van der Waals surface area contributed by atoms with Crippen molar-refractivity contribution in [3.8, 4) is 0 Å². The number of methoxy groups -OCH3 is 1. The van der Waals surface area contributed by atoms with Crippen LogP contribution >= 0.6 is 0 Å². The monoisotopic (exact) mass is 290 g/mol. The molecule has 1 fully saturated rings. The summed E-state index contributed by atoms with van der Waals surface area (Å²) in [6, 6.07) is 10.7. The van der Waals surface area contributed by atoms with Gasteiger partial charge >= 0.3 is 0 Å². The van der Waals surface area contributed by atoms with Crippen molar-refractivity contribution in [3.05, 3.63) is 35.9 Å². The molecule has 0 aromatic heterocycles. The van der Waals surface area contributed by atoms with Gasteiger partial charge in [0.1, 0.15) is 0 Å². The van der Waals surface area contributed by atoms with Crippen molar-refractivity contribution >= 4 is 5.91 Å². The van der Waals surface area contributed by atoms with E-state index in [2.05, 4.69) is 36.5 Å². The lowest BCUT2D eigenvalue weighted by Gasteiger charge is -2.24. The average molecular weight is 290 g/mol. The number of hydrogen-bond acceptors (Lipinski definition) is 3. The standard InChI is InChI=1S/C17H26N2O2/c1-14(12-21-3)19(2)11-16(20)18-13-17(9-10-17)15-7-5-4-6-8-15/h4-8,14H,9-13H2,1-3H3,(H,18,20)/t14-/m1/s1. The molecule has 2 rings (SSSR count). The second-order valence-corrected chi connectivity index (χ2v) is 6.14. The molecule has 4 nitrogen and oxygen atoms in total. The van der Waals surface area contributed by atoms with Crippen LogP contribution in [0.1, 0.15) is 25.3 Å². The van der Waals surface area contributed by atoms with E-state index in [1.165, 1.54) is 5.56 Å². The van der Waals surface area contributed by atoms with Crippen LogP contribution in [0.2, 0.25) is 0 Å². The van der Waals surface area contributed by atoms with Gasteiger partial charge in [-0.25, -0.2) is 0 Å². The number of hydrogen-bond donors (Lipinski definition) is 1. The Morgan fingerprint density at radius 2 is 2.05 bits per heavy atom. The number of carbonyl (C=O) groups is 1. The van der Waals surface area contributed by atoms with Gasteiger partial charge in [-0.1, -0.05) is 30.3 Å². The first kappa shape index (κ1) is 16.0. The maximum absolute atomic E-state index is 12.1. The molecule has 0 aliphatic heterocycles. The summed E-state index contributed by atoms with van der Waals surface area (Å²) in [5.74, 6) is 0.0858. The fourth-order valence-corrected chi connectivity index (χ4v) is 2.58. The van der Waals surface area contributed by atoms with E-state index in [9.17, 15) is 4.79 Å². The van der Waals surface area contributed by atoms with Crippen LogP contribution in [0.15, 0.2) is 30.3 Å². The number of nitrogens with zero attached hydrogens (tertiary/aromatic N) is 1. The molecule has 1 aromatic rings. The third kappa shape index (κ3) is 4.29. The maximum atomic E-state index is 12.1. The normalized spacial score (nSPS) is 17.5. The van der Waals surface area contributed by atoms with E-state index in [4.69, 9.17) is 4.74 Å². The van der Waals surface area contributed by atoms with E-state index in [0.717, 1.165) is 19.4 Å². The summed E-state index contributed by atoms with van der Waals surface area (Å²) in [5.41, 5.74) is 1.51. The molecule has 116 valence electrons. The summed E-state index contributed by atoms with van der Waals surface area (Å²) in [7, 11) is 3.63. The van der Waals surface area contributed by atoms with Crippen molar-refractivity contribution in [3.63, 3.8) is 0 Å². The van der Waals surface area contributed by atoms with Crippen molar-refractivity contribution in [2.75, 3.05) is 33.9 Å². The van der Waals surface area contributed by atoms with E-state index in [1.807, 2.05) is 18.0 Å². The van der Waals surface area contributed by atoms with Gasteiger partial charge in [0.05, 0.1) is 13.2 Å². The van der Waals surface area contributed by atoms with E-state index >= 15 is 0 Å². The van der Waals surface area contributed by atoms with Gasteiger partial charge in [0.15, 0.2) is 0 Å². The van der Waals surface area contributed by atoms with Crippen LogP contribution in [0, 0.1) is 0 Å². The Morgan fingerprint density at radius 3 is 2.62 bits per heavy atom. The Labute approximate surface area is 127 Å². The number of likely N-dealkylation sites (N-methyl/N-ethyl adjacent to an activating group) is 1. The summed E-state index contributed by atoms with van der Waals surface area (Å²) in [6.07, 6.45) is 2.32. The lowest BCUT2D eigenvalue weighted by atomic mass is 9.96. The first-order chi connectivity index (χ1) is 10.1. The molecule has 0 spiro atoms. The minimum Gasteiger partial charge on any atom is -0.383 e. The minimum absolute atomic E-state index is 0.0858. The molecular weight excluding hydrogens is 264 g/mol. The molecule has 0 unspecified atom stereocenters. The fraction of sp³-hybridized carbons (Fsp3) is 0.588. The number of amides is 1. The summed E-state index contributed by atoms with van der Waals surface area (Å²) in [4.78, 5) is 14.1. The SMILES string of the molecule is COC[C@@H](C)N(C)CC(=O)NCC1(c2ccccc2)CC1. The third-order valence-corrected chi connectivity index (χ3v) is 4.42. The Bertz CT molecular complexity index is 457. The topological polar surface area (TPSA) is 41.6 Å². The maximum Gasteiger partial charge on any atom is 0.234 e. The molecule has 1 N–H and O–H groups in total. The smallest absolute Gasteiger partial charge is 0.234 e. The van der Waals surface area contributed by atoms with Gasteiger partial charge in [-0.3, -0.25) is 9.69 Å². The fourth-order valence-electron chi connectivity index (χ4n) is 2.58. The van der Waals surface area contributed by atoms with Crippen LogP contribution in [0.5, 0.6) is 0 Å². The largest absolute Gasteiger partial charge is 0.383 e. The molecule has 1 saturated carbocycles. The quantitative estimate of drug-likeness (QED) is 0.794. The zero-order valence-electron chi connectivity index (χ0n) is 13.3. The molecule has 0 radical (unpaired) electrons. The minimum atomic E-state index is 0.0858. The first-order valence-corrected chi connectivity index (χ1v) is 7.59. The van der Waals surface area contributed by atoms with Gasteiger partial charge in [0, 0.05) is 25.1 Å². The van der Waals surface area contributed by atoms with Gasteiger partial charge in [0.2, 0.25) is 5.91 Å². The molecule has 0 saturated heterocycles. The molecule has 0 heterocycles. The van der Waals surface area contributed by atoms with Gasteiger partial charge in [0.25, 0.3) is 0 Å². The third-order valence-electron chi connectivity index (χ3n) is 4.42. The van der Waals surface area contributed by atoms with Crippen LogP contribution in [-0.4, -0.2) is 50.7 Å². The number of ether oxygens (including phenoxy) is 1. The highest BCUT2D eigenvalue weighted by atomic mass is 16.5. The first-order valence-electron chi connectivity index (χ1n) is 7.59. The zero-order valence-corrected chi connectivity index (χ0v) is 13.3. The average Bonchev–Trinajstić information content (AvgIpc) is 3.27. The molecule has 1 aromatic carbocycles. The summed E-state index contributed by atoms with van der Waals surface area (Å²) in [5, 5.41) is 3.09. The predicted octanol–water partition coefficient (Wildman–Crippen LogP) is 1.80. The van der Waals surface area contributed by atoms with Crippen molar-refractivity contribution in [1.82, 2.24) is 10.2 Å². The Hall–Kier alpha value is -1.39. The van der Waals surface area contributed by atoms with Crippen molar-refractivity contribution < 1.29 is 9.53 Å². The van der Waals surface area contributed by atoms with E-state index in [1.54, 1.807) is 7.11 Å². The van der Waals surface area contributed by atoms with Crippen LogP contribution < -0.4 is 5.32 Å². The predicted molar refractivity (Wildman–Crippen MR) is 84.3 cm³/mol. The summed E-state index contributed by atoms with van der Waals surface area (Å²) < 4.78 is 5.12. The molecule has 1 amide bonds. The number of carbonyl (C=O) groups excluding carboxylic acids is 1. The van der Waals surface area contributed by atoms with E-state index in [0.29, 0.717) is 13.2 Å². The van der Waals surface area contributed by atoms with Gasteiger partial charge in [-0.2, -0.15) is 0 Å². The molecular formula is C17H26N2O2. The molecule has 4 heteroatoms. The van der Waals surface area contributed by atoms with Crippen LogP contribution in [0.3, 0.4) is 0 Å². The van der Waals surface area contributed by atoms with Gasteiger partial charge in [-0.15, -0.1) is 0 Å². The second-order valence-electron chi connectivity index (χ2n) is 6.14. The Balaban J connectivity index is 1.79. The molecule has 21 heavy (non-hydrogen) atoms. The Kier molecular flexibility index (Phi) is 5.37. The van der Waals surface area contributed by atoms with Gasteiger partial charge < -0.3 is 10.1 Å². The lowest BCUT2D eigenvalue weighted by Crippen LogP contribution is -2.43. The Morgan fingerprint density at radius 1 is 1.38 bits per heavy atom. The summed E-state index contributed by atoms with van der Waals surface area (Å²) >= 11 is 0. The number of benzene rings is 1. The van der Waals surface area contributed by atoms with Crippen LogP contribution in [0.25, 0.3) is 0 Å². The zero-order chi connectivity index (χ0) is 15.3. The molecule has 1 aliphatic rings. The van der Waals surface area contributed by atoms with Crippen LogP contribution in [0.4, 0.5) is 0 Å². The van der Waals surface area contributed by atoms with E-state index < -0.39 is 0 Å².